The Balaban J connectivity index is 1.56. The van der Waals surface area contributed by atoms with Crippen LogP contribution in [0, 0.1) is 11.3 Å². The molecule has 1 aromatic carbocycles. The number of amides is 1. The summed E-state index contributed by atoms with van der Waals surface area (Å²) in [6.45, 7) is 6.63. The van der Waals surface area contributed by atoms with Crippen molar-refractivity contribution >= 4 is 33.1 Å². The summed E-state index contributed by atoms with van der Waals surface area (Å²) in [6, 6.07) is 7.01. The molecule has 0 bridgehead atoms. The molecule has 3 aromatic rings. The number of hydrogen-bond donors (Lipinski definition) is 1. The lowest BCUT2D eigenvalue weighted by Crippen LogP contribution is -2.31. The normalized spacial score (nSPS) is 16.3. The average molecular weight is 427 g/mol. The highest BCUT2D eigenvalue weighted by atomic mass is 32.1. The molecule has 1 amide bonds. The summed E-state index contributed by atoms with van der Waals surface area (Å²) >= 11 is 1.57. The van der Waals surface area contributed by atoms with E-state index in [-0.39, 0.29) is 23.4 Å². The van der Waals surface area contributed by atoms with Crippen LogP contribution in [-0.4, -0.2) is 28.0 Å². The van der Waals surface area contributed by atoms with E-state index in [4.69, 9.17) is 4.74 Å². The van der Waals surface area contributed by atoms with Crippen LogP contribution >= 0.6 is 11.3 Å². The third kappa shape index (κ3) is 3.96. The highest BCUT2D eigenvalue weighted by Crippen LogP contribution is 2.41. The summed E-state index contributed by atoms with van der Waals surface area (Å²) in [5.41, 5.74) is 1.72. The van der Waals surface area contributed by atoms with E-state index in [0.29, 0.717) is 27.6 Å². The molecule has 1 aliphatic rings. The molecule has 0 spiro atoms. The van der Waals surface area contributed by atoms with E-state index in [1.807, 2.05) is 0 Å². The summed E-state index contributed by atoms with van der Waals surface area (Å²) < 4.78 is 6.27. The number of carbonyl (C=O) groups excluding carboxylic acids is 1. The van der Waals surface area contributed by atoms with Crippen molar-refractivity contribution in [2.24, 2.45) is 11.3 Å². The number of aromatic nitrogens is 3. The lowest BCUT2D eigenvalue weighted by Gasteiger charge is -2.33. The minimum atomic E-state index is -0.326. The Hall–Kier alpha value is -2.74. The molecule has 7 nitrogen and oxygen atoms in total. The van der Waals surface area contributed by atoms with Crippen LogP contribution in [0.1, 0.15) is 37.6 Å². The third-order valence-corrected chi connectivity index (χ3v) is 6.97. The van der Waals surface area contributed by atoms with Gasteiger partial charge in [-0.1, -0.05) is 26.0 Å². The molecule has 30 heavy (non-hydrogen) atoms. The Kier molecular flexibility index (Phi) is 5.36. The minimum Gasteiger partial charge on any atom is -0.497 e. The SMILES string of the molecule is COc1ccc(NC(=O)Cn2nnc3sc4c(c3c2=O)CC[C@H](C(C)(C)C)C4)cc1. The maximum Gasteiger partial charge on any atom is 0.279 e. The van der Waals surface area contributed by atoms with E-state index in [2.05, 4.69) is 36.4 Å². The van der Waals surface area contributed by atoms with Crippen LogP contribution < -0.4 is 15.6 Å². The van der Waals surface area contributed by atoms with Crippen molar-refractivity contribution in [3.63, 3.8) is 0 Å². The number of carbonyl (C=O) groups is 1. The highest BCUT2D eigenvalue weighted by Gasteiger charge is 2.32. The molecule has 158 valence electrons. The van der Waals surface area contributed by atoms with E-state index in [9.17, 15) is 9.59 Å². The fraction of sp³-hybridized carbons (Fsp3) is 0.455. The fourth-order valence-corrected chi connectivity index (χ4v) is 5.22. The van der Waals surface area contributed by atoms with Gasteiger partial charge in [0.1, 0.15) is 12.3 Å². The molecule has 2 aromatic heterocycles. The topological polar surface area (TPSA) is 86.1 Å². The van der Waals surface area contributed by atoms with E-state index in [0.717, 1.165) is 29.5 Å². The van der Waals surface area contributed by atoms with E-state index in [1.165, 1.54) is 4.88 Å². The maximum atomic E-state index is 13.1. The van der Waals surface area contributed by atoms with Gasteiger partial charge in [0.05, 0.1) is 12.5 Å². The number of thiophene rings is 1. The van der Waals surface area contributed by atoms with Gasteiger partial charge in [-0.05, 0) is 60.4 Å². The molecular formula is C22H26N4O3S. The van der Waals surface area contributed by atoms with Crippen LogP contribution in [-0.2, 0) is 24.2 Å². The number of aryl methyl sites for hydroxylation is 1. The number of nitrogens with one attached hydrogen (secondary N) is 1. The lowest BCUT2D eigenvalue weighted by atomic mass is 9.72. The first kappa shape index (κ1) is 20.5. The predicted octanol–water partition coefficient (Wildman–Crippen LogP) is 3.65. The molecule has 0 unspecified atom stereocenters. The van der Waals surface area contributed by atoms with Gasteiger partial charge in [-0.15, -0.1) is 16.4 Å². The van der Waals surface area contributed by atoms with Crippen LogP contribution in [0.5, 0.6) is 5.75 Å². The molecule has 2 heterocycles. The monoisotopic (exact) mass is 426 g/mol. The maximum absolute atomic E-state index is 13.1. The van der Waals surface area contributed by atoms with Crippen LogP contribution in [0.15, 0.2) is 29.1 Å². The van der Waals surface area contributed by atoms with Gasteiger partial charge >= 0.3 is 0 Å². The molecule has 8 heteroatoms. The third-order valence-electron chi connectivity index (χ3n) is 5.83. The molecule has 0 saturated heterocycles. The largest absolute Gasteiger partial charge is 0.497 e. The fourth-order valence-electron chi connectivity index (χ4n) is 3.98. The van der Waals surface area contributed by atoms with E-state index in [1.54, 1.807) is 42.7 Å². The number of ether oxygens (including phenoxy) is 1. The van der Waals surface area contributed by atoms with Crippen LogP contribution in [0.4, 0.5) is 5.69 Å². The second kappa shape index (κ2) is 7.83. The Morgan fingerprint density at radius 2 is 2.03 bits per heavy atom. The Bertz CT molecular complexity index is 1140. The first-order valence-electron chi connectivity index (χ1n) is 10.1. The van der Waals surface area contributed by atoms with Crippen molar-refractivity contribution < 1.29 is 9.53 Å². The quantitative estimate of drug-likeness (QED) is 0.688. The molecule has 0 radical (unpaired) electrons. The van der Waals surface area contributed by atoms with Gasteiger partial charge in [0.25, 0.3) is 5.56 Å². The standard InChI is InChI=1S/C22H26N4O3S/c1-22(2,3)13-5-10-16-17(11-13)30-20-19(16)21(28)26(25-24-20)12-18(27)23-14-6-8-15(29-4)9-7-14/h6-9,13H,5,10-12H2,1-4H3,(H,23,27)/t13-/m0/s1. The van der Waals surface area contributed by atoms with Gasteiger partial charge < -0.3 is 10.1 Å². The summed E-state index contributed by atoms with van der Waals surface area (Å²) in [5, 5.41) is 11.7. The molecule has 1 aliphatic carbocycles. The summed E-state index contributed by atoms with van der Waals surface area (Å²) in [4.78, 5) is 27.4. The van der Waals surface area contributed by atoms with Crippen molar-refractivity contribution in [1.29, 1.82) is 0 Å². The van der Waals surface area contributed by atoms with Gasteiger partial charge in [-0.3, -0.25) is 9.59 Å². The average Bonchev–Trinajstić information content (AvgIpc) is 3.08. The summed E-state index contributed by atoms with van der Waals surface area (Å²) in [6.07, 6.45) is 2.90. The van der Waals surface area contributed by atoms with Crippen molar-refractivity contribution in [1.82, 2.24) is 15.0 Å². The van der Waals surface area contributed by atoms with Crippen molar-refractivity contribution in [3.8, 4) is 5.75 Å². The predicted molar refractivity (Wildman–Crippen MR) is 118 cm³/mol. The molecule has 1 atom stereocenters. The number of fused-ring (bicyclic) bond motifs is 3. The van der Waals surface area contributed by atoms with Gasteiger partial charge in [-0.2, -0.15) is 0 Å². The summed E-state index contributed by atoms with van der Waals surface area (Å²) in [5.74, 6) is 0.966. The molecular weight excluding hydrogens is 400 g/mol. The van der Waals surface area contributed by atoms with Crippen LogP contribution in [0.25, 0.3) is 10.2 Å². The minimum absolute atomic E-state index is 0.178. The number of rotatable bonds is 4. The van der Waals surface area contributed by atoms with Crippen molar-refractivity contribution in [2.45, 2.75) is 46.6 Å². The Labute approximate surface area is 179 Å². The number of benzene rings is 1. The highest BCUT2D eigenvalue weighted by molar-refractivity contribution is 7.18. The van der Waals surface area contributed by atoms with Crippen LogP contribution in [0.2, 0.25) is 0 Å². The van der Waals surface area contributed by atoms with Crippen LogP contribution in [0.3, 0.4) is 0 Å². The number of anilines is 1. The number of hydrogen-bond acceptors (Lipinski definition) is 6. The zero-order valence-corrected chi connectivity index (χ0v) is 18.5. The number of methoxy groups -OCH3 is 1. The van der Waals surface area contributed by atoms with E-state index < -0.39 is 0 Å². The smallest absolute Gasteiger partial charge is 0.279 e. The van der Waals surface area contributed by atoms with Crippen molar-refractivity contribution in [3.05, 3.63) is 45.1 Å². The molecule has 4 rings (SSSR count). The molecule has 1 N–H and O–H groups in total. The van der Waals surface area contributed by atoms with E-state index >= 15 is 0 Å². The second-order valence-electron chi connectivity index (χ2n) is 8.82. The van der Waals surface area contributed by atoms with Crippen molar-refractivity contribution in [2.75, 3.05) is 12.4 Å². The van der Waals surface area contributed by atoms with Gasteiger partial charge in [-0.25, -0.2) is 4.68 Å². The second-order valence-corrected chi connectivity index (χ2v) is 9.90. The number of nitrogens with zero attached hydrogens (tertiary/aromatic N) is 3. The zero-order valence-electron chi connectivity index (χ0n) is 17.7. The van der Waals surface area contributed by atoms with Gasteiger partial charge in [0.2, 0.25) is 5.91 Å². The molecule has 0 aliphatic heterocycles. The lowest BCUT2D eigenvalue weighted by molar-refractivity contribution is -0.117. The first-order chi connectivity index (χ1) is 14.3. The van der Waals surface area contributed by atoms with Gasteiger partial charge in [0, 0.05) is 10.6 Å². The van der Waals surface area contributed by atoms with Gasteiger partial charge in [0.15, 0.2) is 4.83 Å². The molecule has 0 saturated carbocycles. The zero-order chi connectivity index (χ0) is 21.5. The first-order valence-corrected chi connectivity index (χ1v) is 10.9. The Morgan fingerprint density at radius 1 is 1.30 bits per heavy atom. The molecule has 0 fully saturated rings. The Morgan fingerprint density at radius 3 is 2.70 bits per heavy atom. The summed E-state index contributed by atoms with van der Waals surface area (Å²) in [7, 11) is 1.58.